The summed E-state index contributed by atoms with van der Waals surface area (Å²) in [5.41, 5.74) is 6.63. The van der Waals surface area contributed by atoms with E-state index >= 15 is 0 Å². The summed E-state index contributed by atoms with van der Waals surface area (Å²) in [6, 6.07) is 12.0. The number of aryl methyl sites for hydroxylation is 2. The van der Waals surface area contributed by atoms with Crippen molar-refractivity contribution in [2.45, 2.75) is 46.6 Å². The molecule has 4 aromatic rings. The highest BCUT2D eigenvalue weighted by Crippen LogP contribution is 2.33. The van der Waals surface area contributed by atoms with Gasteiger partial charge >= 0.3 is 0 Å². The molecule has 8 heteroatoms. The number of amides is 1. The van der Waals surface area contributed by atoms with Gasteiger partial charge in [0, 0.05) is 41.6 Å². The number of thiazole rings is 1. The van der Waals surface area contributed by atoms with Crippen LogP contribution in [0.5, 0.6) is 11.5 Å². The molecule has 194 valence electrons. The molecule has 3 aromatic heterocycles. The standard InChI is InChI=1S/C29H34N4O3S/c1-6-12-31-28(34)23-17-25(24-18-37-29(32-24)21-10-13-30-22(7-2)16-21)33(19(23)3)14-11-20-8-9-26(35-4)27(15-20)36-5/h8-10,13,15-18H,6-7,11-12,14H2,1-5H3,(H,31,34). The number of methoxy groups -OCH3 is 2. The van der Waals surface area contributed by atoms with Gasteiger partial charge in [0.15, 0.2) is 11.5 Å². The number of aromatic nitrogens is 3. The quantitative estimate of drug-likeness (QED) is 0.266. The van der Waals surface area contributed by atoms with Crippen LogP contribution in [0.4, 0.5) is 0 Å². The van der Waals surface area contributed by atoms with E-state index < -0.39 is 0 Å². The normalized spacial score (nSPS) is 10.9. The Kier molecular flexibility index (Phi) is 8.61. The zero-order valence-electron chi connectivity index (χ0n) is 22.1. The van der Waals surface area contributed by atoms with Crippen LogP contribution in [0.25, 0.3) is 22.0 Å². The van der Waals surface area contributed by atoms with Gasteiger partial charge in [-0.25, -0.2) is 4.98 Å². The highest BCUT2D eigenvalue weighted by molar-refractivity contribution is 7.13. The summed E-state index contributed by atoms with van der Waals surface area (Å²) in [6.45, 7) is 7.49. The van der Waals surface area contributed by atoms with Crippen molar-refractivity contribution in [1.82, 2.24) is 19.9 Å². The summed E-state index contributed by atoms with van der Waals surface area (Å²) in [6.07, 6.45) is 4.36. The van der Waals surface area contributed by atoms with Gasteiger partial charge in [-0.3, -0.25) is 9.78 Å². The second-order valence-corrected chi connectivity index (χ2v) is 9.66. The number of ether oxygens (including phenoxy) is 2. The minimum absolute atomic E-state index is 0.0531. The average molecular weight is 519 g/mol. The Morgan fingerprint density at radius 2 is 1.89 bits per heavy atom. The summed E-state index contributed by atoms with van der Waals surface area (Å²) in [5.74, 6) is 1.36. The van der Waals surface area contributed by atoms with Crippen LogP contribution < -0.4 is 14.8 Å². The number of hydrogen-bond acceptors (Lipinski definition) is 6. The zero-order valence-corrected chi connectivity index (χ0v) is 22.9. The number of benzene rings is 1. The van der Waals surface area contributed by atoms with Gasteiger partial charge in [0.1, 0.15) is 5.01 Å². The van der Waals surface area contributed by atoms with Crippen molar-refractivity contribution in [3.05, 3.63) is 70.5 Å². The molecule has 0 unspecified atom stereocenters. The monoisotopic (exact) mass is 518 g/mol. The lowest BCUT2D eigenvalue weighted by Gasteiger charge is -2.13. The molecule has 1 amide bonds. The van der Waals surface area contributed by atoms with Crippen LogP contribution in [0.1, 0.15) is 47.6 Å². The number of nitrogens with zero attached hydrogens (tertiary/aromatic N) is 3. The zero-order chi connectivity index (χ0) is 26.4. The van der Waals surface area contributed by atoms with E-state index in [1.807, 2.05) is 50.4 Å². The molecule has 0 spiro atoms. The highest BCUT2D eigenvalue weighted by Gasteiger charge is 2.20. The third-order valence-corrected chi connectivity index (χ3v) is 7.30. The summed E-state index contributed by atoms with van der Waals surface area (Å²) >= 11 is 1.60. The molecule has 1 N–H and O–H groups in total. The van der Waals surface area contributed by atoms with Gasteiger partial charge in [-0.1, -0.05) is 19.9 Å². The highest BCUT2D eigenvalue weighted by atomic mass is 32.1. The fourth-order valence-electron chi connectivity index (χ4n) is 4.31. The van der Waals surface area contributed by atoms with E-state index in [2.05, 4.69) is 33.2 Å². The van der Waals surface area contributed by atoms with Gasteiger partial charge < -0.3 is 19.4 Å². The Labute approximate surface area is 222 Å². The molecule has 0 radical (unpaired) electrons. The smallest absolute Gasteiger partial charge is 0.253 e. The first kappa shape index (κ1) is 26.4. The predicted octanol–water partition coefficient (Wildman–Crippen LogP) is 5.94. The number of carbonyl (C=O) groups excluding carboxylic acids is 1. The van der Waals surface area contributed by atoms with Gasteiger partial charge in [-0.05, 0) is 62.1 Å². The third-order valence-electron chi connectivity index (χ3n) is 6.41. The van der Waals surface area contributed by atoms with Gasteiger partial charge in [0.05, 0.1) is 31.2 Å². The maximum Gasteiger partial charge on any atom is 0.253 e. The van der Waals surface area contributed by atoms with Gasteiger partial charge in [-0.2, -0.15) is 0 Å². The van der Waals surface area contributed by atoms with E-state index in [9.17, 15) is 4.79 Å². The van der Waals surface area contributed by atoms with Crippen molar-refractivity contribution in [2.24, 2.45) is 0 Å². The van der Waals surface area contributed by atoms with E-state index in [4.69, 9.17) is 14.5 Å². The Morgan fingerprint density at radius 1 is 1.08 bits per heavy atom. The third kappa shape index (κ3) is 5.85. The largest absolute Gasteiger partial charge is 0.493 e. The summed E-state index contributed by atoms with van der Waals surface area (Å²) in [4.78, 5) is 22.3. The second kappa shape index (κ2) is 12.1. The maximum atomic E-state index is 13.0. The Hall–Kier alpha value is -3.65. The first-order valence-electron chi connectivity index (χ1n) is 12.6. The Morgan fingerprint density at radius 3 is 2.62 bits per heavy atom. The van der Waals surface area contributed by atoms with Crippen LogP contribution in [-0.2, 0) is 19.4 Å². The molecule has 0 fully saturated rings. The van der Waals surface area contributed by atoms with Crippen LogP contribution in [0.3, 0.4) is 0 Å². The van der Waals surface area contributed by atoms with E-state index in [-0.39, 0.29) is 5.91 Å². The van der Waals surface area contributed by atoms with Crippen molar-refractivity contribution in [1.29, 1.82) is 0 Å². The Balaban J connectivity index is 1.69. The second-order valence-electron chi connectivity index (χ2n) is 8.80. The van der Waals surface area contributed by atoms with Crippen LogP contribution in [0.2, 0.25) is 0 Å². The molecule has 0 bridgehead atoms. The lowest BCUT2D eigenvalue weighted by atomic mass is 10.1. The lowest BCUT2D eigenvalue weighted by molar-refractivity contribution is 0.0953. The molecular weight excluding hydrogens is 484 g/mol. The first-order chi connectivity index (χ1) is 18.0. The fraction of sp³-hybridized carbons (Fsp3) is 0.345. The van der Waals surface area contributed by atoms with Gasteiger partial charge in [-0.15, -0.1) is 11.3 Å². The average Bonchev–Trinajstić information content (AvgIpc) is 3.55. The molecular formula is C29H34N4O3S. The molecule has 0 saturated carbocycles. The van der Waals surface area contributed by atoms with Crippen molar-refractivity contribution in [3.8, 4) is 33.5 Å². The molecule has 37 heavy (non-hydrogen) atoms. The molecule has 7 nitrogen and oxygen atoms in total. The van der Waals surface area contributed by atoms with Crippen LogP contribution in [0.15, 0.2) is 48.0 Å². The van der Waals surface area contributed by atoms with Crippen molar-refractivity contribution >= 4 is 17.2 Å². The minimum Gasteiger partial charge on any atom is -0.493 e. The van der Waals surface area contributed by atoms with E-state index in [0.29, 0.717) is 30.2 Å². The number of hydrogen-bond donors (Lipinski definition) is 1. The molecule has 4 rings (SSSR count). The number of pyridine rings is 1. The SMILES string of the molecule is CCCNC(=O)c1cc(-c2csc(-c3ccnc(CC)c3)n2)n(CCc2ccc(OC)c(OC)c2)c1C. The molecule has 0 aliphatic rings. The first-order valence-corrected chi connectivity index (χ1v) is 13.5. The van der Waals surface area contributed by atoms with E-state index in [0.717, 1.165) is 58.2 Å². The Bertz CT molecular complexity index is 1380. The van der Waals surface area contributed by atoms with Crippen LogP contribution in [-0.4, -0.2) is 41.2 Å². The van der Waals surface area contributed by atoms with Crippen molar-refractivity contribution < 1.29 is 14.3 Å². The number of rotatable bonds is 11. The number of carbonyl (C=O) groups is 1. The molecule has 0 atom stereocenters. The summed E-state index contributed by atoms with van der Waals surface area (Å²) in [5, 5.41) is 6.02. The van der Waals surface area contributed by atoms with Crippen molar-refractivity contribution in [3.63, 3.8) is 0 Å². The van der Waals surface area contributed by atoms with Gasteiger partial charge in [0.2, 0.25) is 0 Å². The van der Waals surface area contributed by atoms with Crippen molar-refractivity contribution in [2.75, 3.05) is 20.8 Å². The van der Waals surface area contributed by atoms with E-state index in [1.54, 1.807) is 25.6 Å². The summed E-state index contributed by atoms with van der Waals surface area (Å²) < 4.78 is 13.1. The lowest BCUT2D eigenvalue weighted by Crippen LogP contribution is -2.24. The van der Waals surface area contributed by atoms with Gasteiger partial charge in [0.25, 0.3) is 5.91 Å². The molecule has 0 saturated heterocycles. The topological polar surface area (TPSA) is 78.3 Å². The molecule has 3 heterocycles. The molecule has 0 aliphatic heterocycles. The minimum atomic E-state index is -0.0531. The number of nitrogens with one attached hydrogen (secondary N) is 1. The maximum absolute atomic E-state index is 13.0. The summed E-state index contributed by atoms with van der Waals surface area (Å²) in [7, 11) is 3.28. The van der Waals surface area contributed by atoms with E-state index in [1.165, 1.54) is 0 Å². The molecule has 1 aromatic carbocycles. The van der Waals surface area contributed by atoms with Crippen LogP contribution >= 0.6 is 11.3 Å². The van der Waals surface area contributed by atoms with Crippen LogP contribution in [0, 0.1) is 6.92 Å². The predicted molar refractivity (Wildman–Crippen MR) is 149 cm³/mol. The fourth-order valence-corrected chi connectivity index (χ4v) is 5.13. The molecule has 0 aliphatic carbocycles.